The van der Waals surface area contributed by atoms with Gasteiger partial charge in [0.15, 0.2) is 6.61 Å². The van der Waals surface area contributed by atoms with Crippen LogP contribution in [0.25, 0.3) is 0 Å². The second kappa shape index (κ2) is 8.38. The molecule has 2 heterocycles. The van der Waals surface area contributed by atoms with E-state index in [2.05, 4.69) is 12.2 Å². The first kappa shape index (κ1) is 17.1. The monoisotopic (exact) mass is 332 g/mol. The number of benzene rings is 1. The van der Waals surface area contributed by atoms with Crippen molar-refractivity contribution in [3.63, 3.8) is 0 Å². The van der Waals surface area contributed by atoms with Gasteiger partial charge >= 0.3 is 0 Å². The predicted molar refractivity (Wildman–Crippen MR) is 93.4 cm³/mol. The number of carbonyl (C=O) groups excluding carboxylic acids is 1. The highest BCUT2D eigenvalue weighted by molar-refractivity contribution is 5.78. The molecule has 5 heteroatoms. The van der Waals surface area contributed by atoms with E-state index in [1.165, 1.54) is 6.42 Å². The molecule has 2 fully saturated rings. The number of nitrogens with one attached hydrogen (secondary N) is 1. The highest BCUT2D eigenvalue weighted by Crippen LogP contribution is 2.28. The number of fused-ring (bicyclic) bond motifs is 1. The molecule has 5 nitrogen and oxygen atoms in total. The lowest BCUT2D eigenvalue weighted by molar-refractivity contribution is -0.139. The van der Waals surface area contributed by atoms with Crippen molar-refractivity contribution in [3.05, 3.63) is 24.3 Å². The fraction of sp³-hybridized carbons (Fsp3) is 0.632. The summed E-state index contributed by atoms with van der Waals surface area (Å²) < 4.78 is 11.3. The van der Waals surface area contributed by atoms with E-state index in [0.717, 1.165) is 44.6 Å². The molecule has 0 spiro atoms. The summed E-state index contributed by atoms with van der Waals surface area (Å²) in [5, 5.41) is 3.44. The van der Waals surface area contributed by atoms with E-state index >= 15 is 0 Å². The zero-order valence-corrected chi connectivity index (χ0v) is 14.5. The summed E-state index contributed by atoms with van der Waals surface area (Å²) in [5.74, 6) is 2.26. The van der Waals surface area contributed by atoms with Crippen molar-refractivity contribution in [1.82, 2.24) is 10.2 Å². The van der Waals surface area contributed by atoms with Gasteiger partial charge in [0.2, 0.25) is 0 Å². The molecule has 2 aliphatic heterocycles. The van der Waals surface area contributed by atoms with Crippen molar-refractivity contribution in [2.45, 2.75) is 38.6 Å². The molecule has 0 saturated carbocycles. The number of rotatable bonds is 6. The van der Waals surface area contributed by atoms with E-state index in [1.54, 1.807) is 0 Å². The fourth-order valence-corrected chi connectivity index (χ4v) is 3.69. The van der Waals surface area contributed by atoms with Gasteiger partial charge in [-0.1, -0.05) is 6.92 Å². The highest BCUT2D eigenvalue weighted by atomic mass is 16.5. The molecule has 0 radical (unpaired) electrons. The van der Waals surface area contributed by atoms with Gasteiger partial charge in [-0.2, -0.15) is 0 Å². The predicted octanol–water partition coefficient (Wildman–Crippen LogP) is 2.45. The summed E-state index contributed by atoms with van der Waals surface area (Å²) in [4.78, 5) is 14.6. The van der Waals surface area contributed by atoms with Crippen molar-refractivity contribution in [3.8, 4) is 11.5 Å². The Morgan fingerprint density at radius 1 is 1.21 bits per heavy atom. The number of piperidine rings is 2. The molecule has 1 aromatic rings. The molecule has 24 heavy (non-hydrogen) atoms. The van der Waals surface area contributed by atoms with Crippen molar-refractivity contribution in [2.75, 3.05) is 32.8 Å². The van der Waals surface area contributed by atoms with E-state index in [4.69, 9.17) is 9.47 Å². The Morgan fingerprint density at radius 2 is 1.96 bits per heavy atom. The molecule has 2 atom stereocenters. The molecule has 1 amide bonds. The molecule has 0 aliphatic carbocycles. The van der Waals surface area contributed by atoms with Gasteiger partial charge < -0.3 is 19.7 Å². The molecule has 0 aromatic heterocycles. The topological polar surface area (TPSA) is 50.8 Å². The van der Waals surface area contributed by atoms with Gasteiger partial charge in [-0.25, -0.2) is 0 Å². The first-order chi connectivity index (χ1) is 11.8. The van der Waals surface area contributed by atoms with E-state index in [1.807, 2.05) is 29.2 Å². The molecule has 3 rings (SSSR count). The number of amides is 1. The van der Waals surface area contributed by atoms with Crippen LogP contribution in [0.5, 0.6) is 11.5 Å². The lowest BCUT2D eigenvalue weighted by Crippen LogP contribution is -2.55. The Kier molecular flexibility index (Phi) is 5.96. The average Bonchev–Trinajstić information content (AvgIpc) is 2.64. The first-order valence-corrected chi connectivity index (χ1v) is 9.13. The highest BCUT2D eigenvalue weighted by Gasteiger charge is 2.35. The van der Waals surface area contributed by atoms with Crippen molar-refractivity contribution < 1.29 is 14.3 Å². The zero-order valence-electron chi connectivity index (χ0n) is 14.5. The summed E-state index contributed by atoms with van der Waals surface area (Å²) >= 11 is 0. The number of carbonyl (C=O) groups is 1. The maximum atomic E-state index is 12.6. The average molecular weight is 332 g/mol. The van der Waals surface area contributed by atoms with Crippen LogP contribution in [-0.4, -0.2) is 49.7 Å². The Bertz CT molecular complexity index is 530. The molecular weight excluding hydrogens is 304 g/mol. The molecule has 1 aromatic carbocycles. The van der Waals surface area contributed by atoms with Gasteiger partial charge in [-0.15, -0.1) is 0 Å². The van der Waals surface area contributed by atoms with Crippen LogP contribution in [0.2, 0.25) is 0 Å². The largest absolute Gasteiger partial charge is 0.494 e. The molecule has 2 saturated heterocycles. The van der Waals surface area contributed by atoms with Crippen LogP contribution in [0.4, 0.5) is 0 Å². The Labute approximate surface area is 144 Å². The van der Waals surface area contributed by atoms with Crippen LogP contribution in [0, 0.1) is 5.92 Å². The lowest BCUT2D eigenvalue weighted by Gasteiger charge is -2.44. The minimum absolute atomic E-state index is 0.109. The SMILES string of the molecule is CCCOc1ccc(OCC(=O)N2CCCC3CNCCC32)cc1. The summed E-state index contributed by atoms with van der Waals surface area (Å²) in [6.07, 6.45) is 4.36. The molecule has 2 aliphatic rings. The third kappa shape index (κ3) is 4.20. The second-order valence-electron chi connectivity index (χ2n) is 6.66. The van der Waals surface area contributed by atoms with Crippen LogP contribution >= 0.6 is 0 Å². The van der Waals surface area contributed by atoms with E-state index in [9.17, 15) is 4.79 Å². The van der Waals surface area contributed by atoms with Gasteiger partial charge in [-0.3, -0.25) is 4.79 Å². The minimum atomic E-state index is 0.109. The minimum Gasteiger partial charge on any atom is -0.494 e. The van der Waals surface area contributed by atoms with Gasteiger partial charge in [0.1, 0.15) is 11.5 Å². The molecule has 132 valence electrons. The molecule has 1 N–H and O–H groups in total. The van der Waals surface area contributed by atoms with E-state index in [0.29, 0.717) is 24.3 Å². The third-order valence-electron chi connectivity index (χ3n) is 4.92. The van der Waals surface area contributed by atoms with Gasteiger partial charge in [0.25, 0.3) is 5.91 Å². The third-order valence-corrected chi connectivity index (χ3v) is 4.92. The normalized spacial score (nSPS) is 23.5. The van der Waals surface area contributed by atoms with Crippen LogP contribution < -0.4 is 14.8 Å². The van der Waals surface area contributed by atoms with Crippen molar-refractivity contribution in [1.29, 1.82) is 0 Å². The van der Waals surface area contributed by atoms with Crippen LogP contribution in [-0.2, 0) is 4.79 Å². The number of hydrogen-bond acceptors (Lipinski definition) is 4. The summed E-state index contributed by atoms with van der Waals surface area (Å²) in [7, 11) is 0. The molecule has 0 bridgehead atoms. The first-order valence-electron chi connectivity index (χ1n) is 9.13. The molecule has 2 unspecified atom stereocenters. The Hall–Kier alpha value is -1.75. The van der Waals surface area contributed by atoms with Gasteiger partial charge in [0, 0.05) is 12.6 Å². The van der Waals surface area contributed by atoms with Crippen LogP contribution in [0.3, 0.4) is 0 Å². The van der Waals surface area contributed by atoms with E-state index < -0.39 is 0 Å². The van der Waals surface area contributed by atoms with Gasteiger partial charge in [-0.05, 0) is 69.0 Å². The number of hydrogen-bond donors (Lipinski definition) is 1. The number of likely N-dealkylation sites (tertiary alicyclic amines) is 1. The van der Waals surface area contributed by atoms with Crippen molar-refractivity contribution >= 4 is 5.91 Å². The van der Waals surface area contributed by atoms with Crippen molar-refractivity contribution in [2.24, 2.45) is 5.92 Å². The zero-order chi connectivity index (χ0) is 16.8. The standard InChI is InChI=1S/C19H28N2O3/c1-2-12-23-16-5-7-17(8-6-16)24-14-19(22)21-11-3-4-15-13-20-10-9-18(15)21/h5-8,15,18,20H,2-4,9-14H2,1H3. The lowest BCUT2D eigenvalue weighted by atomic mass is 9.84. The maximum Gasteiger partial charge on any atom is 0.260 e. The quantitative estimate of drug-likeness (QED) is 0.869. The Balaban J connectivity index is 1.51. The van der Waals surface area contributed by atoms with Crippen LogP contribution in [0.15, 0.2) is 24.3 Å². The second-order valence-corrected chi connectivity index (χ2v) is 6.66. The summed E-state index contributed by atoms with van der Waals surface area (Å²) in [6, 6.07) is 7.89. The maximum absolute atomic E-state index is 12.6. The van der Waals surface area contributed by atoms with Gasteiger partial charge in [0.05, 0.1) is 6.61 Å². The van der Waals surface area contributed by atoms with E-state index in [-0.39, 0.29) is 12.5 Å². The van der Waals surface area contributed by atoms with Crippen LogP contribution in [0.1, 0.15) is 32.6 Å². The number of nitrogens with zero attached hydrogens (tertiary/aromatic N) is 1. The smallest absolute Gasteiger partial charge is 0.260 e. The fourth-order valence-electron chi connectivity index (χ4n) is 3.69. The Morgan fingerprint density at radius 3 is 2.71 bits per heavy atom. The summed E-state index contributed by atoms with van der Waals surface area (Å²) in [5.41, 5.74) is 0. The number of ether oxygens (including phenoxy) is 2. The molecular formula is C19H28N2O3. The summed E-state index contributed by atoms with van der Waals surface area (Å²) in [6.45, 7) is 5.82.